The van der Waals surface area contributed by atoms with Crippen molar-refractivity contribution in [1.82, 2.24) is 29.4 Å². The molecule has 0 spiro atoms. The maximum Gasteiger partial charge on any atom is 0.247 e. The quantitative estimate of drug-likeness (QED) is 0.316. The fourth-order valence-corrected chi connectivity index (χ4v) is 3.80. The average molecular weight is 502 g/mol. The predicted octanol–water partition coefficient (Wildman–Crippen LogP) is 3.30. The van der Waals surface area contributed by atoms with Crippen molar-refractivity contribution in [2.45, 2.75) is 0 Å². The van der Waals surface area contributed by atoms with Crippen molar-refractivity contribution < 1.29 is 9.53 Å². The number of carbonyl (C=O) groups is 1. The second kappa shape index (κ2) is 11.0. The number of anilines is 4. The van der Waals surface area contributed by atoms with Crippen molar-refractivity contribution in [1.29, 1.82) is 0 Å². The summed E-state index contributed by atoms with van der Waals surface area (Å²) in [6.45, 7) is 5.15. The molecule has 0 aliphatic heterocycles. The zero-order valence-corrected chi connectivity index (χ0v) is 21.7. The highest BCUT2D eigenvalue weighted by molar-refractivity contribution is 6.02. The number of nitrogens with zero attached hydrogens (tertiary/aromatic N) is 7. The Balaban J connectivity index is 1.67. The normalized spacial score (nSPS) is 11.0. The SMILES string of the molecule is C=CC(=O)Nc1cc(Nc2ncnc(-c3cnc4c(ccn4C)c3)n2)c(OC)cc1N(C)CCN(C)C. The zero-order chi connectivity index (χ0) is 26.5. The third-order valence-electron chi connectivity index (χ3n) is 5.84. The molecule has 11 nitrogen and oxygen atoms in total. The van der Waals surface area contributed by atoms with E-state index in [9.17, 15) is 4.79 Å². The maximum absolute atomic E-state index is 12.2. The molecule has 37 heavy (non-hydrogen) atoms. The summed E-state index contributed by atoms with van der Waals surface area (Å²) in [5.74, 6) is 1.06. The number of aryl methyl sites for hydroxylation is 1. The monoisotopic (exact) mass is 501 g/mol. The largest absolute Gasteiger partial charge is 0.494 e. The Morgan fingerprint density at radius 1 is 1.14 bits per heavy atom. The van der Waals surface area contributed by atoms with Crippen molar-refractivity contribution in [2.75, 3.05) is 56.9 Å². The van der Waals surface area contributed by atoms with Gasteiger partial charge in [-0.3, -0.25) is 4.79 Å². The minimum Gasteiger partial charge on any atom is -0.494 e. The van der Waals surface area contributed by atoms with Crippen molar-refractivity contribution in [3.05, 3.63) is 55.6 Å². The van der Waals surface area contributed by atoms with Gasteiger partial charge in [-0.1, -0.05) is 6.58 Å². The number of likely N-dealkylation sites (N-methyl/N-ethyl adjacent to an activating group) is 2. The molecule has 3 heterocycles. The summed E-state index contributed by atoms with van der Waals surface area (Å²) < 4.78 is 7.62. The first kappa shape index (κ1) is 25.6. The first-order valence-corrected chi connectivity index (χ1v) is 11.7. The fourth-order valence-electron chi connectivity index (χ4n) is 3.80. The van der Waals surface area contributed by atoms with Gasteiger partial charge >= 0.3 is 0 Å². The highest BCUT2D eigenvalue weighted by Gasteiger charge is 2.17. The van der Waals surface area contributed by atoms with Crippen LogP contribution >= 0.6 is 0 Å². The van der Waals surface area contributed by atoms with Crippen molar-refractivity contribution in [3.8, 4) is 17.1 Å². The summed E-state index contributed by atoms with van der Waals surface area (Å²) in [4.78, 5) is 34.1. The van der Waals surface area contributed by atoms with Crippen LogP contribution in [0.4, 0.5) is 23.0 Å². The van der Waals surface area contributed by atoms with Gasteiger partial charge in [0, 0.05) is 56.6 Å². The van der Waals surface area contributed by atoms with Crippen molar-refractivity contribution in [3.63, 3.8) is 0 Å². The number of pyridine rings is 1. The molecule has 0 saturated carbocycles. The van der Waals surface area contributed by atoms with E-state index in [0.717, 1.165) is 35.4 Å². The number of hydrogen-bond acceptors (Lipinski definition) is 9. The van der Waals surface area contributed by atoms with E-state index in [1.54, 1.807) is 19.4 Å². The Morgan fingerprint density at radius 3 is 2.68 bits per heavy atom. The van der Waals surface area contributed by atoms with Crippen molar-refractivity contribution >= 4 is 40.0 Å². The minimum absolute atomic E-state index is 0.315. The van der Waals surface area contributed by atoms with Crippen LogP contribution in [-0.4, -0.2) is 76.7 Å². The summed E-state index contributed by atoms with van der Waals surface area (Å²) in [5, 5.41) is 7.09. The zero-order valence-electron chi connectivity index (χ0n) is 21.7. The summed E-state index contributed by atoms with van der Waals surface area (Å²) in [5.41, 5.74) is 3.64. The first-order valence-electron chi connectivity index (χ1n) is 11.7. The molecule has 0 fully saturated rings. The predicted molar refractivity (Wildman–Crippen MR) is 146 cm³/mol. The van der Waals surface area contributed by atoms with Gasteiger partial charge in [0.1, 0.15) is 17.7 Å². The van der Waals surface area contributed by atoms with E-state index in [1.165, 1.54) is 12.4 Å². The Labute approximate surface area is 215 Å². The van der Waals surface area contributed by atoms with E-state index in [0.29, 0.717) is 28.9 Å². The number of aromatic nitrogens is 5. The lowest BCUT2D eigenvalue weighted by atomic mass is 10.2. The maximum atomic E-state index is 12.2. The summed E-state index contributed by atoms with van der Waals surface area (Å²) in [7, 11) is 9.53. The molecule has 192 valence electrons. The molecule has 0 unspecified atom stereocenters. The van der Waals surface area contributed by atoms with E-state index in [1.807, 2.05) is 57.2 Å². The van der Waals surface area contributed by atoms with Gasteiger partial charge in [0.05, 0.1) is 24.2 Å². The molecule has 0 bridgehead atoms. The van der Waals surface area contributed by atoms with Crippen LogP contribution in [0.1, 0.15) is 0 Å². The lowest BCUT2D eigenvalue weighted by molar-refractivity contribution is -0.111. The molecule has 4 aromatic rings. The molecule has 3 aromatic heterocycles. The van der Waals surface area contributed by atoms with Gasteiger partial charge < -0.3 is 29.7 Å². The summed E-state index contributed by atoms with van der Waals surface area (Å²) in [6.07, 6.45) is 6.37. The van der Waals surface area contributed by atoms with Gasteiger partial charge in [0.25, 0.3) is 0 Å². The molecule has 0 aliphatic rings. The molecule has 0 atom stereocenters. The third kappa shape index (κ3) is 5.84. The van der Waals surface area contributed by atoms with Gasteiger partial charge in [-0.25, -0.2) is 15.0 Å². The Hall–Kier alpha value is -4.51. The standard InChI is InChI=1S/C26H31N9O2/c1-7-23(36)30-19-13-20(22(37-6)14-21(19)34(4)11-10-33(2)3)31-26-29-16-28-24(32-26)18-12-17-8-9-35(5)25(17)27-15-18/h7-9,12-16H,1,10-11H2,2-6H3,(H,30,36)(H,28,29,31,32). The lowest BCUT2D eigenvalue weighted by Gasteiger charge is -2.25. The Morgan fingerprint density at radius 2 is 1.95 bits per heavy atom. The third-order valence-corrected chi connectivity index (χ3v) is 5.84. The molecular weight excluding hydrogens is 470 g/mol. The second-order valence-electron chi connectivity index (χ2n) is 8.81. The van der Waals surface area contributed by atoms with Crippen LogP contribution in [0, 0.1) is 0 Å². The number of carbonyl (C=O) groups excluding carboxylic acids is 1. The lowest BCUT2D eigenvalue weighted by Crippen LogP contribution is -2.29. The van der Waals surface area contributed by atoms with E-state index in [4.69, 9.17) is 4.74 Å². The number of ether oxygens (including phenoxy) is 1. The Bertz CT molecular complexity index is 1430. The van der Waals surface area contributed by atoms with Gasteiger partial charge in [0.15, 0.2) is 5.82 Å². The van der Waals surface area contributed by atoms with Crippen LogP contribution in [0.5, 0.6) is 5.75 Å². The van der Waals surface area contributed by atoms with Crippen LogP contribution in [-0.2, 0) is 11.8 Å². The first-order chi connectivity index (χ1) is 17.8. The molecule has 0 radical (unpaired) electrons. The second-order valence-corrected chi connectivity index (χ2v) is 8.81. The van der Waals surface area contributed by atoms with Crippen LogP contribution < -0.4 is 20.3 Å². The molecule has 2 N–H and O–H groups in total. The van der Waals surface area contributed by atoms with Crippen LogP contribution in [0.2, 0.25) is 0 Å². The molecular formula is C26H31N9O2. The van der Waals surface area contributed by atoms with E-state index in [2.05, 4.69) is 46.9 Å². The van der Waals surface area contributed by atoms with E-state index < -0.39 is 0 Å². The smallest absolute Gasteiger partial charge is 0.247 e. The van der Waals surface area contributed by atoms with Crippen LogP contribution in [0.25, 0.3) is 22.4 Å². The van der Waals surface area contributed by atoms with Crippen LogP contribution in [0.3, 0.4) is 0 Å². The van der Waals surface area contributed by atoms with Gasteiger partial charge in [0.2, 0.25) is 11.9 Å². The fraction of sp³-hybridized carbons (Fsp3) is 0.269. The van der Waals surface area contributed by atoms with Crippen LogP contribution in [0.15, 0.2) is 55.6 Å². The van der Waals surface area contributed by atoms with E-state index in [-0.39, 0.29) is 5.91 Å². The molecule has 1 aromatic carbocycles. The number of amides is 1. The van der Waals surface area contributed by atoms with E-state index >= 15 is 0 Å². The van der Waals surface area contributed by atoms with Gasteiger partial charge in [-0.15, -0.1) is 0 Å². The summed E-state index contributed by atoms with van der Waals surface area (Å²) >= 11 is 0. The number of rotatable bonds is 10. The molecule has 11 heteroatoms. The highest BCUT2D eigenvalue weighted by Crippen LogP contribution is 2.38. The number of nitrogens with one attached hydrogen (secondary N) is 2. The van der Waals surface area contributed by atoms with Crippen molar-refractivity contribution in [2.24, 2.45) is 7.05 Å². The Kier molecular flexibility index (Phi) is 7.63. The molecule has 0 aliphatic carbocycles. The van der Waals surface area contributed by atoms with Gasteiger partial charge in [-0.2, -0.15) is 4.98 Å². The van der Waals surface area contributed by atoms with Gasteiger partial charge in [-0.05, 0) is 38.4 Å². The minimum atomic E-state index is -0.315. The average Bonchev–Trinajstić information content (AvgIpc) is 3.27. The number of fused-ring (bicyclic) bond motifs is 1. The molecule has 4 rings (SSSR count). The number of methoxy groups -OCH3 is 1. The molecule has 1 amide bonds. The molecule has 0 saturated heterocycles. The summed E-state index contributed by atoms with van der Waals surface area (Å²) in [6, 6.07) is 7.64. The number of benzene rings is 1. The number of hydrogen-bond donors (Lipinski definition) is 2. The topological polar surface area (TPSA) is 113 Å². The highest BCUT2D eigenvalue weighted by atomic mass is 16.5.